The first-order chi connectivity index (χ1) is 15.0. The molecule has 164 valence electrons. The zero-order valence-electron chi connectivity index (χ0n) is 17.3. The van der Waals surface area contributed by atoms with Crippen LogP contribution in [0.15, 0.2) is 47.2 Å². The molecule has 1 aromatic carbocycles. The minimum absolute atomic E-state index is 0.0764. The number of aromatic carboxylic acids is 1. The monoisotopic (exact) mass is 440 g/mol. The second-order valence-corrected chi connectivity index (χ2v) is 10.00. The molecule has 2 heterocycles. The van der Waals surface area contributed by atoms with Crippen LogP contribution in [0.25, 0.3) is 0 Å². The SMILES string of the molecule is O=C(O)c1ccc2c(c1)O[C@H]1C[C@@H](O)[C@H](/C=C/C(O)C3(c4ccsc4)CCC3)[C@H]1CC2. The van der Waals surface area contributed by atoms with Crippen molar-refractivity contribution in [3.8, 4) is 5.75 Å². The van der Waals surface area contributed by atoms with Gasteiger partial charge in [-0.05, 0) is 65.8 Å². The molecule has 0 spiro atoms. The third-order valence-electron chi connectivity index (χ3n) is 7.65. The predicted octanol–water partition coefficient (Wildman–Crippen LogP) is 4.18. The van der Waals surface area contributed by atoms with Gasteiger partial charge < -0.3 is 20.1 Å². The summed E-state index contributed by atoms with van der Waals surface area (Å²) in [4.78, 5) is 11.3. The molecule has 0 bridgehead atoms. The molecule has 2 saturated carbocycles. The molecule has 5 rings (SSSR count). The van der Waals surface area contributed by atoms with E-state index < -0.39 is 18.2 Å². The molecule has 1 unspecified atom stereocenters. The van der Waals surface area contributed by atoms with E-state index >= 15 is 0 Å². The molecular formula is C25H28O5S. The van der Waals surface area contributed by atoms with Crippen LogP contribution in [0, 0.1) is 11.8 Å². The lowest BCUT2D eigenvalue weighted by atomic mass is 9.61. The van der Waals surface area contributed by atoms with Gasteiger partial charge >= 0.3 is 5.97 Å². The number of carboxylic acids is 1. The first kappa shape index (κ1) is 20.7. The van der Waals surface area contributed by atoms with Crippen molar-refractivity contribution >= 4 is 17.3 Å². The maximum Gasteiger partial charge on any atom is 0.335 e. The first-order valence-corrected chi connectivity index (χ1v) is 12.0. The Labute approximate surface area is 186 Å². The van der Waals surface area contributed by atoms with Crippen LogP contribution in [0.1, 0.15) is 53.6 Å². The molecule has 0 radical (unpaired) electrons. The summed E-state index contributed by atoms with van der Waals surface area (Å²) in [5, 5.41) is 35.3. The molecule has 2 aliphatic carbocycles. The fourth-order valence-corrected chi connectivity index (χ4v) is 6.42. The average molecular weight is 441 g/mol. The van der Waals surface area contributed by atoms with Crippen LogP contribution in [-0.4, -0.2) is 39.6 Å². The second kappa shape index (κ2) is 8.08. The predicted molar refractivity (Wildman–Crippen MR) is 119 cm³/mol. The van der Waals surface area contributed by atoms with Crippen molar-refractivity contribution in [2.24, 2.45) is 11.8 Å². The summed E-state index contributed by atoms with van der Waals surface area (Å²) in [6.45, 7) is 0. The van der Waals surface area contributed by atoms with Gasteiger partial charge in [0.2, 0.25) is 0 Å². The standard InChI is InChI=1S/C25H28O5S/c26-20-13-22-19(5-4-15-2-3-16(24(28)29)12-21(15)30-22)18(20)6-7-23(27)25(9-1-10-25)17-8-11-31-14-17/h2-3,6-8,11-12,14,18-20,22-23,26-27H,1,4-5,9-10,13H2,(H,28,29)/b7-6+/t18-,19-,20-,22+,23?/m1/s1. The van der Waals surface area contributed by atoms with E-state index in [-0.39, 0.29) is 28.9 Å². The Bertz CT molecular complexity index is 978. The second-order valence-electron chi connectivity index (χ2n) is 9.22. The lowest BCUT2D eigenvalue weighted by Crippen LogP contribution is -2.44. The van der Waals surface area contributed by atoms with E-state index in [1.165, 1.54) is 5.56 Å². The van der Waals surface area contributed by atoms with Gasteiger partial charge in [-0.1, -0.05) is 24.6 Å². The van der Waals surface area contributed by atoms with Crippen molar-refractivity contribution in [1.29, 1.82) is 0 Å². The largest absolute Gasteiger partial charge is 0.490 e. The van der Waals surface area contributed by atoms with Gasteiger partial charge in [0.1, 0.15) is 11.9 Å². The van der Waals surface area contributed by atoms with E-state index in [0.717, 1.165) is 37.7 Å². The average Bonchev–Trinajstić information content (AvgIpc) is 3.29. The van der Waals surface area contributed by atoms with Gasteiger partial charge in [0.25, 0.3) is 0 Å². The summed E-state index contributed by atoms with van der Waals surface area (Å²) in [5.41, 5.74) is 2.26. The molecule has 3 aliphatic rings. The number of carboxylic acid groups (broad SMARTS) is 1. The zero-order valence-corrected chi connectivity index (χ0v) is 18.1. The Kier molecular flexibility index (Phi) is 5.40. The highest BCUT2D eigenvalue weighted by Gasteiger charge is 2.46. The van der Waals surface area contributed by atoms with E-state index in [4.69, 9.17) is 4.74 Å². The number of ether oxygens (including phenoxy) is 1. The number of hydrogen-bond donors (Lipinski definition) is 3. The Morgan fingerprint density at radius 3 is 2.81 bits per heavy atom. The maximum absolute atomic E-state index is 11.3. The van der Waals surface area contributed by atoms with Crippen LogP contribution in [0.4, 0.5) is 0 Å². The van der Waals surface area contributed by atoms with Crippen molar-refractivity contribution in [3.63, 3.8) is 0 Å². The number of aliphatic hydroxyl groups excluding tert-OH is 2. The van der Waals surface area contributed by atoms with Gasteiger partial charge in [0, 0.05) is 23.7 Å². The molecule has 6 heteroatoms. The Morgan fingerprint density at radius 1 is 1.29 bits per heavy atom. The van der Waals surface area contributed by atoms with E-state index in [2.05, 4.69) is 16.8 Å². The fraction of sp³-hybridized carbons (Fsp3) is 0.480. The summed E-state index contributed by atoms with van der Waals surface area (Å²) < 4.78 is 6.22. The Balaban J connectivity index is 1.34. The molecule has 3 N–H and O–H groups in total. The topological polar surface area (TPSA) is 87.0 Å². The van der Waals surface area contributed by atoms with Crippen LogP contribution in [0.2, 0.25) is 0 Å². The highest BCUT2D eigenvalue weighted by molar-refractivity contribution is 7.08. The van der Waals surface area contributed by atoms with Crippen LogP contribution in [0.5, 0.6) is 5.75 Å². The number of hydrogen-bond acceptors (Lipinski definition) is 5. The van der Waals surface area contributed by atoms with Crippen LogP contribution in [-0.2, 0) is 11.8 Å². The van der Waals surface area contributed by atoms with E-state index in [1.807, 2.05) is 18.2 Å². The molecule has 5 nitrogen and oxygen atoms in total. The fourth-order valence-electron chi connectivity index (χ4n) is 5.66. The molecule has 2 fully saturated rings. The molecule has 1 aromatic heterocycles. The summed E-state index contributed by atoms with van der Waals surface area (Å²) >= 11 is 1.66. The maximum atomic E-state index is 11.3. The molecule has 0 amide bonds. The highest BCUT2D eigenvalue weighted by atomic mass is 32.1. The third-order valence-corrected chi connectivity index (χ3v) is 8.34. The summed E-state index contributed by atoms with van der Waals surface area (Å²) in [6.07, 6.45) is 7.92. The molecular weight excluding hydrogens is 412 g/mol. The van der Waals surface area contributed by atoms with Gasteiger partial charge in [-0.25, -0.2) is 4.79 Å². The molecule has 1 aliphatic heterocycles. The molecule has 2 aromatic rings. The van der Waals surface area contributed by atoms with E-state index in [0.29, 0.717) is 12.2 Å². The van der Waals surface area contributed by atoms with Gasteiger partial charge in [-0.15, -0.1) is 0 Å². The number of rotatable bonds is 5. The highest BCUT2D eigenvalue weighted by Crippen LogP contribution is 2.48. The van der Waals surface area contributed by atoms with Crippen molar-refractivity contribution in [2.45, 2.75) is 62.3 Å². The zero-order chi connectivity index (χ0) is 21.6. The third kappa shape index (κ3) is 3.60. The van der Waals surface area contributed by atoms with E-state index in [1.54, 1.807) is 23.5 Å². The molecule has 31 heavy (non-hydrogen) atoms. The Morgan fingerprint density at radius 2 is 2.13 bits per heavy atom. The summed E-state index contributed by atoms with van der Waals surface area (Å²) in [5.74, 6) is -0.288. The first-order valence-electron chi connectivity index (χ1n) is 11.1. The number of carbonyl (C=O) groups is 1. The summed E-state index contributed by atoms with van der Waals surface area (Å²) in [7, 11) is 0. The van der Waals surface area contributed by atoms with E-state index in [9.17, 15) is 20.1 Å². The summed E-state index contributed by atoms with van der Waals surface area (Å²) in [6, 6.07) is 7.17. The van der Waals surface area contributed by atoms with Crippen LogP contribution < -0.4 is 4.74 Å². The van der Waals surface area contributed by atoms with Crippen molar-refractivity contribution in [3.05, 3.63) is 63.9 Å². The number of benzene rings is 1. The van der Waals surface area contributed by atoms with Gasteiger partial charge in [0.15, 0.2) is 0 Å². The van der Waals surface area contributed by atoms with Crippen molar-refractivity contribution in [2.75, 3.05) is 0 Å². The van der Waals surface area contributed by atoms with Crippen molar-refractivity contribution < 1.29 is 24.9 Å². The van der Waals surface area contributed by atoms with Gasteiger partial charge in [-0.2, -0.15) is 11.3 Å². The molecule has 0 saturated heterocycles. The number of thiophene rings is 1. The van der Waals surface area contributed by atoms with Crippen LogP contribution in [0.3, 0.4) is 0 Å². The lowest BCUT2D eigenvalue weighted by molar-refractivity contribution is 0.0617. The lowest BCUT2D eigenvalue weighted by Gasteiger charge is -2.44. The number of aryl methyl sites for hydroxylation is 1. The quantitative estimate of drug-likeness (QED) is 0.608. The normalized spacial score (nSPS) is 30.0. The number of aliphatic hydroxyl groups is 2. The van der Waals surface area contributed by atoms with Gasteiger partial charge in [-0.3, -0.25) is 0 Å². The number of fused-ring (bicyclic) bond motifs is 2. The van der Waals surface area contributed by atoms with Crippen LogP contribution >= 0.6 is 11.3 Å². The van der Waals surface area contributed by atoms with Gasteiger partial charge in [0.05, 0.1) is 17.8 Å². The smallest absolute Gasteiger partial charge is 0.335 e. The molecule has 5 atom stereocenters. The minimum atomic E-state index is -0.969. The van der Waals surface area contributed by atoms with Crippen molar-refractivity contribution in [1.82, 2.24) is 0 Å². The minimum Gasteiger partial charge on any atom is -0.490 e. The Hall–Kier alpha value is -2.15.